The summed E-state index contributed by atoms with van der Waals surface area (Å²) in [5.41, 5.74) is 1.72. The van der Waals surface area contributed by atoms with Crippen LogP contribution in [0.1, 0.15) is 38.4 Å². The van der Waals surface area contributed by atoms with Crippen molar-refractivity contribution in [3.8, 4) is 0 Å². The molecule has 21 heavy (non-hydrogen) atoms. The summed E-state index contributed by atoms with van der Waals surface area (Å²) < 4.78 is 16.7. The summed E-state index contributed by atoms with van der Waals surface area (Å²) in [5.74, 6) is 2.40. The summed E-state index contributed by atoms with van der Waals surface area (Å²) in [6, 6.07) is 3.41. The van der Waals surface area contributed by atoms with Gasteiger partial charge in [-0.25, -0.2) is 9.37 Å². The molecular formula is C16H19ClFIN2. The molecule has 0 spiro atoms. The minimum Gasteiger partial charge on any atom is -0.327 e. The van der Waals surface area contributed by atoms with Gasteiger partial charge in [0.1, 0.15) is 11.6 Å². The van der Waals surface area contributed by atoms with E-state index in [2.05, 4.69) is 16.5 Å². The lowest BCUT2D eigenvalue weighted by Gasteiger charge is -2.29. The molecule has 2 unspecified atom stereocenters. The monoisotopic (exact) mass is 420 g/mol. The molecule has 5 heteroatoms. The van der Waals surface area contributed by atoms with Crippen LogP contribution in [0, 0.1) is 21.2 Å². The lowest BCUT2D eigenvalue weighted by molar-refractivity contribution is 0.229. The largest absolute Gasteiger partial charge is 0.327 e. The first kappa shape index (κ1) is 15.5. The van der Waals surface area contributed by atoms with Crippen LogP contribution in [0.3, 0.4) is 0 Å². The van der Waals surface area contributed by atoms with Crippen molar-refractivity contribution in [2.24, 2.45) is 11.8 Å². The minimum absolute atomic E-state index is 0.179. The average molecular weight is 421 g/mol. The van der Waals surface area contributed by atoms with E-state index in [1.54, 1.807) is 6.07 Å². The van der Waals surface area contributed by atoms with E-state index in [0.717, 1.165) is 23.4 Å². The first-order valence-corrected chi connectivity index (χ1v) is 9.11. The van der Waals surface area contributed by atoms with Crippen molar-refractivity contribution in [2.45, 2.75) is 45.0 Å². The fourth-order valence-electron chi connectivity index (χ4n) is 3.37. The highest BCUT2D eigenvalue weighted by Crippen LogP contribution is 2.32. The molecule has 0 bridgehead atoms. The fraction of sp³-hybridized carbons (Fsp3) is 0.562. The lowest BCUT2D eigenvalue weighted by Crippen LogP contribution is -2.22. The third kappa shape index (κ3) is 3.07. The maximum absolute atomic E-state index is 13.9. The van der Waals surface area contributed by atoms with Crippen molar-refractivity contribution in [1.29, 1.82) is 0 Å². The second kappa shape index (κ2) is 6.41. The molecule has 3 rings (SSSR count). The molecule has 2 atom stereocenters. The van der Waals surface area contributed by atoms with E-state index in [1.807, 2.05) is 28.7 Å². The Morgan fingerprint density at radius 1 is 1.38 bits per heavy atom. The fourth-order valence-corrected chi connectivity index (χ4v) is 4.03. The van der Waals surface area contributed by atoms with Crippen LogP contribution in [-0.4, -0.2) is 9.55 Å². The highest BCUT2D eigenvalue weighted by atomic mass is 127. The molecule has 1 aliphatic carbocycles. The summed E-state index contributed by atoms with van der Waals surface area (Å²) in [6.45, 7) is 3.23. The van der Waals surface area contributed by atoms with E-state index in [-0.39, 0.29) is 5.82 Å². The van der Waals surface area contributed by atoms with Gasteiger partial charge >= 0.3 is 0 Å². The second-order valence-electron chi connectivity index (χ2n) is 6.05. The molecule has 2 nitrogen and oxygen atoms in total. The van der Waals surface area contributed by atoms with E-state index in [4.69, 9.17) is 11.6 Å². The van der Waals surface area contributed by atoms with Gasteiger partial charge in [0.2, 0.25) is 0 Å². The van der Waals surface area contributed by atoms with Gasteiger partial charge in [-0.05, 0) is 46.9 Å². The van der Waals surface area contributed by atoms with Crippen LogP contribution in [0.4, 0.5) is 4.39 Å². The molecule has 1 aliphatic rings. The van der Waals surface area contributed by atoms with Gasteiger partial charge in [-0.1, -0.05) is 26.2 Å². The van der Waals surface area contributed by atoms with Gasteiger partial charge in [0.25, 0.3) is 0 Å². The number of rotatable bonds is 3. The van der Waals surface area contributed by atoms with Crippen LogP contribution >= 0.6 is 34.2 Å². The Kier molecular flexibility index (Phi) is 4.74. The van der Waals surface area contributed by atoms with E-state index >= 15 is 0 Å². The van der Waals surface area contributed by atoms with Crippen molar-refractivity contribution in [3.05, 3.63) is 27.3 Å². The van der Waals surface area contributed by atoms with Gasteiger partial charge in [0, 0.05) is 12.6 Å². The Balaban J connectivity index is 2.01. The zero-order chi connectivity index (χ0) is 15.0. The Hall–Kier alpha value is -0.360. The van der Waals surface area contributed by atoms with Crippen molar-refractivity contribution in [2.75, 3.05) is 0 Å². The Morgan fingerprint density at radius 2 is 2.14 bits per heavy atom. The molecule has 1 fully saturated rings. The second-order valence-corrected chi connectivity index (χ2v) is 7.48. The van der Waals surface area contributed by atoms with Crippen molar-refractivity contribution in [1.82, 2.24) is 9.55 Å². The SMILES string of the molecule is CC1CCCCC1Cn1c(CCl)nc2cc(I)c(F)cc21. The average Bonchev–Trinajstić information content (AvgIpc) is 2.79. The molecule has 0 radical (unpaired) electrons. The smallest absolute Gasteiger partial charge is 0.138 e. The van der Waals surface area contributed by atoms with E-state index in [0.29, 0.717) is 21.3 Å². The van der Waals surface area contributed by atoms with Gasteiger partial charge in [0.15, 0.2) is 0 Å². The number of benzene rings is 1. The summed E-state index contributed by atoms with van der Waals surface area (Å²) >= 11 is 8.07. The van der Waals surface area contributed by atoms with Crippen LogP contribution in [0.25, 0.3) is 11.0 Å². The summed E-state index contributed by atoms with van der Waals surface area (Å²) in [6.07, 6.45) is 5.16. The third-order valence-electron chi connectivity index (χ3n) is 4.70. The standard InChI is InChI=1S/C16H19ClFIN2/c1-10-4-2-3-5-11(10)9-21-15-6-12(18)13(19)7-14(15)20-16(21)8-17/h6-7,10-11H,2-5,8-9H2,1H3. The maximum atomic E-state index is 13.9. The zero-order valence-corrected chi connectivity index (χ0v) is 15.0. The molecule has 2 aromatic rings. The molecule has 0 N–H and O–H groups in total. The number of alkyl halides is 1. The van der Waals surface area contributed by atoms with E-state index < -0.39 is 0 Å². The van der Waals surface area contributed by atoms with Crippen LogP contribution in [-0.2, 0) is 12.4 Å². The third-order valence-corrected chi connectivity index (χ3v) is 5.76. The predicted molar refractivity (Wildman–Crippen MR) is 93.1 cm³/mol. The molecule has 1 aromatic carbocycles. The molecule has 0 aliphatic heterocycles. The van der Waals surface area contributed by atoms with Crippen molar-refractivity contribution >= 4 is 45.2 Å². The first-order valence-electron chi connectivity index (χ1n) is 7.50. The molecule has 1 saturated carbocycles. The molecular weight excluding hydrogens is 402 g/mol. The predicted octanol–water partition coefficient (Wildman–Crippen LogP) is 5.35. The molecule has 114 valence electrons. The first-order chi connectivity index (χ1) is 10.1. The highest BCUT2D eigenvalue weighted by molar-refractivity contribution is 14.1. The van der Waals surface area contributed by atoms with Crippen LogP contribution in [0.15, 0.2) is 12.1 Å². The van der Waals surface area contributed by atoms with Gasteiger partial charge in [-0.15, -0.1) is 11.6 Å². The highest BCUT2D eigenvalue weighted by Gasteiger charge is 2.24. The number of fused-ring (bicyclic) bond motifs is 1. The Morgan fingerprint density at radius 3 is 2.86 bits per heavy atom. The van der Waals surface area contributed by atoms with Crippen molar-refractivity contribution in [3.63, 3.8) is 0 Å². The minimum atomic E-state index is -0.179. The summed E-state index contributed by atoms with van der Waals surface area (Å²) in [4.78, 5) is 4.58. The topological polar surface area (TPSA) is 17.8 Å². The quantitative estimate of drug-likeness (QED) is 0.484. The number of imidazole rings is 1. The van der Waals surface area contributed by atoms with E-state index in [1.165, 1.54) is 25.7 Å². The Bertz CT molecular complexity index is 655. The Labute approximate surface area is 143 Å². The van der Waals surface area contributed by atoms with Crippen LogP contribution in [0.2, 0.25) is 0 Å². The van der Waals surface area contributed by atoms with Gasteiger partial charge in [-0.2, -0.15) is 0 Å². The lowest BCUT2D eigenvalue weighted by atomic mass is 9.80. The zero-order valence-electron chi connectivity index (χ0n) is 12.1. The van der Waals surface area contributed by atoms with Gasteiger partial charge in [-0.3, -0.25) is 0 Å². The number of nitrogens with zero attached hydrogens (tertiary/aromatic N) is 2. The molecule has 1 heterocycles. The summed E-state index contributed by atoms with van der Waals surface area (Å²) in [7, 11) is 0. The summed E-state index contributed by atoms with van der Waals surface area (Å²) in [5, 5.41) is 0. The van der Waals surface area contributed by atoms with E-state index in [9.17, 15) is 4.39 Å². The molecule has 1 aromatic heterocycles. The number of hydrogen-bond acceptors (Lipinski definition) is 1. The molecule has 0 saturated heterocycles. The normalized spacial score (nSPS) is 22.9. The maximum Gasteiger partial charge on any atom is 0.138 e. The number of aromatic nitrogens is 2. The molecule has 0 amide bonds. The number of hydrogen-bond donors (Lipinski definition) is 0. The van der Waals surface area contributed by atoms with Crippen LogP contribution in [0.5, 0.6) is 0 Å². The van der Waals surface area contributed by atoms with Crippen molar-refractivity contribution < 1.29 is 4.39 Å². The van der Waals surface area contributed by atoms with Gasteiger partial charge < -0.3 is 4.57 Å². The van der Waals surface area contributed by atoms with Gasteiger partial charge in [0.05, 0.1) is 20.5 Å². The van der Waals surface area contributed by atoms with Crippen LogP contribution < -0.4 is 0 Å². The number of halogens is 3.